The zero-order valence-corrected chi connectivity index (χ0v) is 15.0. The molecule has 0 aliphatic carbocycles. The molecule has 2 fully saturated rings. The minimum absolute atomic E-state index is 0.158. The number of anilines is 1. The number of nitrogens with zero attached hydrogens (tertiary/aromatic N) is 2. The van der Waals surface area contributed by atoms with Crippen LogP contribution in [0.2, 0.25) is 0 Å². The van der Waals surface area contributed by atoms with Crippen molar-refractivity contribution in [2.75, 3.05) is 25.0 Å². The minimum atomic E-state index is 0.158. The molecule has 2 aromatic heterocycles. The topological polar surface area (TPSA) is 54.5 Å². The summed E-state index contributed by atoms with van der Waals surface area (Å²) in [6, 6.07) is 10.3. The number of hydrogen-bond donors (Lipinski definition) is 1. The molecule has 0 aromatic carbocycles. The Bertz CT molecular complexity index is 704. The Labute approximate surface area is 152 Å². The zero-order chi connectivity index (χ0) is 17.1. The molecule has 6 heteroatoms. The van der Waals surface area contributed by atoms with Crippen molar-refractivity contribution in [3.8, 4) is 0 Å². The largest absolute Gasteiger partial charge is 0.373 e. The van der Waals surface area contributed by atoms with Gasteiger partial charge in [-0.15, -0.1) is 11.3 Å². The van der Waals surface area contributed by atoms with Gasteiger partial charge in [-0.2, -0.15) is 0 Å². The van der Waals surface area contributed by atoms with Gasteiger partial charge >= 0.3 is 0 Å². The molecular formula is C19H23N3O2S. The van der Waals surface area contributed by atoms with E-state index in [-0.39, 0.29) is 12.0 Å². The summed E-state index contributed by atoms with van der Waals surface area (Å²) in [6.07, 6.45) is 6.07. The van der Waals surface area contributed by atoms with Gasteiger partial charge in [-0.3, -0.25) is 4.79 Å². The van der Waals surface area contributed by atoms with Crippen LogP contribution in [-0.2, 0) is 4.74 Å². The summed E-state index contributed by atoms with van der Waals surface area (Å²) in [5, 5.41) is 3.46. The lowest BCUT2D eigenvalue weighted by atomic mass is 10.0. The molecular weight excluding hydrogens is 334 g/mol. The predicted molar refractivity (Wildman–Crippen MR) is 99.0 cm³/mol. The first kappa shape index (κ1) is 16.5. The van der Waals surface area contributed by atoms with Crippen molar-refractivity contribution in [2.45, 2.75) is 37.8 Å². The van der Waals surface area contributed by atoms with Crippen molar-refractivity contribution in [2.24, 2.45) is 0 Å². The smallest absolute Gasteiger partial charge is 0.263 e. The first-order valence-electron chi connectivity index (χ1n) is 8.98. The number of ether oxygens (including phenoxy) is 1. The van der Waals surface area contributed by atoms with Crippen molar-refractivity contribution >= 4 is 23.1 Å². The highest BCUT2D eigenvalue weighted by atomic mass is 32.1. The Kier molecular flexibility index (Phi) is 4.99. The number of amides is 1. The van der Waals surface area contributed by atoms with Gasteiger partial charge in [0.25, 0.3) is 5.91 Å². The maximum atomic E-state index is 12.8. The number of pyridine rings is 1. The molecule has 0 spiro atoms. The number of piperidine rings is 1. The van der Waals surface area contributed by atoms with Gasteiger partial charge in [0, 0.05) is 36.8 Å². The Hall–Kier alpha value is -1.92. The molecule has 1 amide bonds. The number of carbonyl (C=O) groups is 1. The van der Waals surface area contributed by atoms with E-state index in [4.69, 9.17) is 4.74 Å². The van der Waals surface area contributed by atoms with Gasteiger partial charge in [0.1, 0.15) is 5.82 Å². The number of hydrogen-bond acceptors (Lipinski definition) is 5. The summed E-state index contributed by atoms with van der Waals surface area (Å²) in [6.45, 7) is 2.41. The molecule has 4 rings (SSSR count). The van der Waals surface area contributed by atoms with Crippen molar-refractivity contribution in [3.05, 3.63) is 46.3 Å². The van der Waals surface area contributed by atoms with Crippen LogP contribution < -0.4 is 5.32 Å². The molecule has 4 heterocycles. The molecule has 132 valence electrons. The first-order valence-corrected chi connectivity index (χ1v) is 9.79. The van der Waals surface area contributed by atoms with Crippen LogP contribution in [0, 0.1) is 0 Å². The fourth-order valence-corrected chi connectivity index (χ4v) is 4.54. The third kappa shape index (κ3) is 3.85. The van der Waals surface area contributed by atoms with E-state index in [9.17, 15) is 4.79 Å². The number of carbonyl (C=O) groups excluding carboxylic acids is 1. The predicted octanol–water partition coefficient (Wildman–Crippen LogP) is 3.71. The van der Waals surface area contributed by atoms with Crippen LogP contribution in [0.15, 0.2) is 36.5 Å². The van der Waals surface area contributed by atoms with E-state index in [0.29, 0.717) is 6.04 Å². The quantitative estimate of drug-likeness (QED) is 0.906. The molecule has 0 bridgehead atoms. The van der Waals surface area contributed by atoms with Crippen molar-refractivity contribution in [1.82, 2.24) is 9.88 Å². The van der Waals surface area contributed by atoms with Crippen molar-refractivity contribution in [1.29, 1.82) is 0 Å². The molecule has 5 nitrogen and oxygen atoms in total. The molecule has 2 saturated heterocycles. The van der Waals surface area contributed by atoms with E-state index in [1.54, 1.807) is 17.5 Å². The van der Waals surface area contributed by atoms with Gasteiger partial charge in [0.2, 0.25) is 0 Å². The molecule has 2 aromatic rings. The summed E-state index contributed by atoms with van der Waals surface area (Å²) in [4.78, 5) is 21.1. The standard InChI is InChI=1S/C19H23N3O2S/c23-19(17-7-6-16(25-17)15-4-3-13-24-15)22-11-8-14(9-12-22)21-18-5-1-2-10-20-18/h1-2,5-7,10,14-15H,3-4,8-9,11-13H2,(H,20,21)/t15-/m1/s1. The second kappa shape index (κ2) is 7.54. The molecule has 1 atom stereocenters. The Morgan fingerprint density at radius 2 is 2.08 bits per heavy atom. The SMILES string of the molecule is O=C(c1ccc([C@H]2CCCO2)s1)N1CCC(Nc2ccccn2)CC1. The first-order chi connectivity index (χ1) is 12.3. The zero-order valence-electron chi connectivity index (χ0n) is 14.2. The molecule has 0 radical (unpaired) electrons. The van der Waals surface area contributed by atoms with Gasteiger partial charge in [-0.05, 0) is 49.9 Å². The highest BCUT2D eigenvalue weighted by Gasteiger charge is 2.26. The van der Waals surface area contributed by atoms with Gasteiger partial charge in [-0.25, -0.2) is 4.98 Å². The lowest BCUT2D eigenvalue weighted by molar-refractivity contribution is 0.0723. The Morgan fingerprint density at radius 3 is 2.80 bits per heavy atom. The summed E-state index contributed by atoms with van der Waals surface area (Å²) in [5.74, 6) is 1.07. The van der Waals surface area contributed by atoms with E-state index in [2.05, 4.69) is 16.4 Å². The average molecular weight is 357 g/mol. The average Bonchev–Trinajstić information content (AvgIpc) is 3.34. The van der Waals surface area contributed by atoms with E-state index in [0.717, 1.165) is 56.1 Å². The highest BCUT2D eigenvalue weighted by molar-refractivity contribution is 7.14. The van der Waals surface area contributed by atoms with E-state index in [1.165, 1.54) is 4.88 Å². The monoisotopic (exact) mass is 357 g/mol. The van der Waals surface area contributed by atoms with Crippen LogP contribution in [0.1, 0.15) is 46.3 Å². The highest BCUT2D eigenvalue weighted by Crippen LogP contribution is 2.34. The second-order valence-electron chi connectivity index (χ2n) is 6.63. The summed E-state index contributed by atoms with van der Waals surface area (Å²) in [5.41, 5.74) is 0. The minimum Gasteiger partial charge on any atom is -0.373 e. The van der Waals surface area contributed by atoms with E-state index in [1.807, 2.05) is 29.2 Å². The fraction of sp³-hybridized carbons (Fsp3) is 0.474. The van der Waals surface area contributed by atoms with Crippen LogP contribution in [0.25, 0.3) is 0 Å². The van der Waals surface area contributed by atoms with Crippen LogP contribution in [-0.4, -0.2) is 41.5 Å². The molecule has 25 heavy (non-hydrogen) atoms. The van der Waals surface area contributed by atoms with Crippen LogP contribution in [0.3, 0.4) is 0 Å². The van der Waals surface area contributed by atoms with Gasteiger partial charge in [0.05, 0.1) is 11.0 Å². The number of aromatic nitrogens is 1. The van der Waals surface area contributed by atoms with Crippen LogP contribution in [0.5, 0.6) is 0 Å². The normalized spacial score (nSPS) is 21.4. The molecule has 0 saturated carbocycles. The van der Waals surface area contributed by atoms with Gasteiger partial charge < -0.3 is 15.0 Å². The Morgan fingerprint density at radius 1 is 1.20 bits per heavy atom. The van der Waals surface area contributed by atoms with Crippen LogP contribution in [0.4, 0.5) is 5.82 Å². The third-order valence-corrected chi connectivity index (χ3v) is 6.05. The number of nitrogens with one attached hydrogen (secondary N) is 1. The van der Waals surface area contributed by atoms with Gasteiger partial charge in [0.15, 0.2) is 0 Å². The number of likely N-dealkylation sites (tertiary alicyclic amines) is 1. The maximum Gasteiger partial charge on any atom is 0.263 e. The lowest BCUT2D eigenvalue weighted by Crippen LogP contribution is -2.42. The summed E-state index contributed by atoms with van der Waals surface area (Å²) in [7, 11) is 0. The molecule has 1 N–H and O–H groups in total. The number of rotatable bonds is 4. The molecule has 2 aliphatic heterocycles. The summed E-state index contributed by atoms with van der Waals surface area (Å²) < 4.78 is 5.72. The summed E-state index contributed by atoms with van der Waals surface area (Å²) >= 11 is 1.59. The fourth-order valence-electron chi connectivity index (χ4n) is 3.48. The maximum absolute atomic E-state index is 12.8. The molecule has 0 unspecified atom stereocenters. The van der Waals surface area contributed by atoms with E-state index < -0.39 is 0 Å². The van der Waals surface area contributed by atoms with Crippen molar-refractivity contribution < 1.29 is 9.53 Å². The molecule has 2 aliphatic rings. The third-order valence-electron chi connectivity index (χ3n) is 4.88. The van der Waals surface area contributed by atoms with Crippen molar-refractivity contribution in [3.63, 3.8) is 0 Å². The Balaban J connectivity index is 1.32. The lowest BCUT2D eigenvalue weighted by Gasteiger charge is -2.32. The van der Waals surface area contributed by atoms with E-state index >= 15 is 0 Å². The van der Waals surface area contributed by atoms with Crippen LogP contribution >= 0.6 is 11.3 Å². The van der Waals surface area contributed by atoms with Gasteiger partial charge in [-0.1, -0.05) is 6.07 Å². The second-order valence-corrected chi connectivity index (χ2v) is 7.74. The number of thiophene rings is 1.